The molecule has 0 radical (unpaired) electrons. The molecule has 0 aliphatic carbocycles. The number of carboxylic acid groups (broad SMARTS) is 1. The second kappa shape index (κ2) is 4.93. The molecule has 0 aliphatic heterocycles. The molecule has 1 aromatic carbocycles. The first-order valence-corrected chi connectivity index (χ1v) is 5.83. The van der Waals surface area contributed by atoms with Gasteiger partial charge in [0.2, 0.25) is 11.8 Å². The smallest absolute Gasteiger partial charge is 0.328 e. The van der Waals surface area contributed by atoms with Crippen molar-refractivity contribution in [2.24, 2.45) is 0 Å². The Labute approximate surface area is 113 Å². The maximum absolute atomic E-state index is 10.4. The quantitative estimate of drug-likeness (QED) is 0.733. The zero-order chi connectivity index (χ0) is 13.9. The van der Waals surface area contributed by atoms with Crippen LogP contribution in [0.3, 0.4) is 0 Å². The van der Waals surface area contributed by atoms with Crippen molar-refractivity contribution in [3.05, 3.63) is 48.5 Å². The lowest BCUT2D eigenvalue weighted by molar-refractivity contribution is -0.131. The lowest BCUT2D eigenvalue weighted by atomic mass is 10.1. The number of carboxylic acids is 1. The van der Waals surface area contributed by atoms with Crippen LogP contribution in [-0.4, -0.2) is 26.3 Å². The number of hydrogen-bond donors (Lipinski definition) is 1. The third-order valence-electron chi connectivity index (χ3n) is 2.69. The number of rotatable bonds is 3. The summed E-state index contributed by atoms with van der Waals surface area (Å²) in [5.41, 5.74) is 1.59. The third-order valence-corrected chi connectivity index (χ3v) is 2.69. The largest absolute Gasteiger partial charge is 0.478 e. The highest BCUT2D eigenvalue weighted by atomic mass is 16.4. The molecule has 2 heterocycles. The average Bonchev–Trinajstić information content (AvgIpc) is 2.93. The van der Waals surface area contributed by atoms with Crippen LogP contribution in [0.2, 0.25) is 0 Å². The normalized spacial score (nSPS) is 11.2. The second-order valence-electron chi connectivity index (χ2n) is 3.99. The van der Waals surface area contributed by atoms with E-state index in [4.69, 9.17) is 9.52 Å². The number of hydrogen-bond acceptors (Lipinski definition) is 5. The van der Waals surface area contributed by atoms with Crippen LogP contribution in [0.4, 0.5) is 0 Å². The van der Waals surface area contributed by atoms with Gasteiger partial charge in [0, 0.05) is 29.3 Å². The molecular formula is C14H9N3O3. The molecule has 98 valence electrons. The summed E-state index contributed by atoms with van der Waals surface area (Å²) in [6.45, 7) is 0. The number of aliphatic carboxylic acids is 1. The van der Waals surface area contributed by atoms with E-state index in [-0.39, 0.29) is 5.89 Å². The monoisotopic (exact) mass is 267 g/mol. The standard InChI is InChI=1S/C14H9N3O3/c18-13(19)6-5-12-16-17-14(20-12)10-7-8-15-11-4-2-1-3-9(10)11/h1-8H,(H,18,19)/b6-5+. The molecule has 0 saturated carbocycles. The number of aromatic nitrogens is 3. The van der Waals surface area contributed by atoms with Gasteiger partial charge in [-0.15, -0.1) is 10.2 Å². The Morgan fingerprint density at radius 1 is 1.20 bits per heavy atom. The van der Waals surface area contributed by atoms with Crippen molar-refractivity contribution in [1.29, 1.82) is 0 Å². The van der Waals surface area contributed by atoms with Gasteiger partial charge in [-0.3, -0.25) is 4.98 Å². The van der Waals surface area contributed by atoms with Gasteiger partial charge in [0.25, 0.3) is 0 Å². The predicted molar refractivity (Wildman–Crippen MR) is 71.7 cm³/mol. The summed E-state index contributed by atoms with van der Waals surface area (Å²) >= 11 is 0. The Morgan fingerprint density at radius 3 is 2.90 bits per heavy atom. The first kappa shape index (κ1) is 12.0. The molecule has 3 rings (SSSR count). The number of benzene rings is 1. The second-order valence-corrected chi connectivity index (χ2v) is 3.99. The van der Waals surface area contributed by atoms with Gasteiger partial charge in [-0.2, -0.15) is 0 Å². The number of carbonyl (C=O) groups is 1. The Bertz CT molecular complexity index is 803. The van der Waals surface area contributed by atoms with Crippen molar-refractivity contribution in [2.75, 3.05) is 0 Å². The molecule has 20 heavy (non-hydrogen) atoms. The van der Waals surface area contributed by atoms with E-state index in [0.717, 1.165) is 22.5 Å². The summed E-state index contributed by atoms with van der Waals surface area (Å²) in [7, 11) is 0. The van der Waals surface area contributed by atoms with Crippen molar-refractivity contribution in [2.45, 2.75) is 0 Å². The van der Waals surface area contributed by atoms with Crippen LogP contribution in [0.25, 0.3) is 28.4 Å². The maximum Gasteiger partial charge on any atom is 0.328 e. The van der Waals surface area contributed by atoms with Gasteiger partial charge in [0.05, 0.1) is 5.52 Å². The summed E-state index contributed by atoms with van der Waals surface area (Å²) in [4.78, 5) is 14.7. The van der Waals surface area contributed by atoms with E-state index < -0.39 is 5.97 Å². The van der Waals surface area contributed by atoms with Gasteiger partial charge in [0.15, 0.2) is 0 Å². The van der Waals surface area contributed by atoms with Crippen molar-refractivity contribution in [1.82, 2.24) is 15.2 Å². The molecular weight excluding hydrogens is 258 g/mol. The van der Waals surface area contributed by atoms with Crippen LogP contribution in [0.15, 0.2) is 47.0 Å². The van der Waals surface area contributed by atoms with E-state index in [0.29, 0.717) is 5.89 Å². The van der Waals surface area contributed by atoms with E-state index in [1.54, 1.807) is 12.3 Å². The zero-order valence-electron chi connectivity index (χ0n) is 10.2. The Morgan fingerprint density at radius 2 is 2.05 bits per heavy atom. The van der Waals surface area contributed by atoms with Crippen molar-refractivity contribution in [3.63, 3.8) is 0 Å². The fourth-order valence-corrected chi connectivity index (χ4v) is 1.84. The molecule has 3 aromatic rings. The summed E-state index contributed by atoms with van der Waals surface area (Å²) < 4.78 is 5.43. The minimum absolute atomic E-state index is 0.142. The number of fused-ring (bicyclic) bond motifs is 1. The van der Waals surface area contributed by atoms with Crippen molar-refractivity contribution >= 4 is 22.9 Å². The molecule has 0 amide bonds. The number of para-hydroxylation sites is 1. The van der Waals surface area contributed by atoms with Crippen molar-refractivity contribution in [3.8, 4) is 11.5 Å². The van der Waals surface area contributed by atoms with Crippen LogP contribution in [0.5, 0.6) is 0 Å². The van der Waals surface area contributed by atoms with Gasteiger partial charge in [-0.25, -0.2) is 4.79 Å². The highest BCUT2D eigenvalue weighted by molar-refractivity contribution is 5.92. The fraction of sp³-hybridized carbons (Fsp3) is 0. The molecule has 0 unspecified atom stereocenters. The molecule has 0 bridgehead atoms. The van der Waals surface area contributed by atoms with Crippen LogP contribution < -0.4 is 0 Å². The van der Waals surface area contributed by atoms with E-state index in [9.17, 15) is 4.79 Å². The van der Waals surface area contributed by atoms with Gasteiger partial charge in [-0.05, 0) is 12.1 Å². The minimum Gasteiger partial charge on any atom is -0.478 e. The van der Waals surface area contributed by atoms with E-state index >= 15 is 0 Å². The van der Waals surface area contributed by atoms with E-state index in [1.807, 2.05) is 24.3 Å². The van der Waals surface area contributed by atoms with Crippen LogP contribution in [-0.2, 0) is 4.79 Å². The number of pyridine rings is 1. The molecule has 2 aromatic heterocycles. The van der Waals surface area contributed by atoms with Crippen LogP contribution >= 0.6 is 0 Å². The minimum atomic E-state index is -1.07. The van der Waals surface area contributed by atoms with Crippen LogP contribution in [0.1, 0.15) is 5.89 Å². The SMILES string of the molecule is O=C(O)/C=C/c1nnc(-c2ccnc3ccccc23)o1. The first-order valence-electron chi connectivity index (χ1n) is 5.83. The maximum atomic E-state index is 10.4. The molecule has 0 aliphatic rings. The molecule has 0 fully saturated rings. The van der Waals surface area contributed by atoms with Gasteiger partial charge < -0.3 is 9.52 Å². The average molecular weight is 267 g/mol. The van der Waals surface area contributed by atoms with E-state index in [2.05, 4.69) is 15.2 Å². The molecule has 6 nitrogen and oxygen atoms in total. The summed E-state index contributed by atoms with van der Waals surface area (Å²) in [6, 6.07) is 9.37. The summed E-state index contributed by atoms with van der Waals surface area (Å²) in [5.74, 6) is -0.601. The highest BCUT2D eigenvalue weighted by Gasteiger charge is 2.10. The predicted octanol–water partition coefficient (Wildman–Crippen LogP) is 2.38. The Kier molecular flexibility index (Phi) is 2.96. The Balaban J connectivity index is 2.06. The molecule has 0 spiro atoms. The van der Waals surface area contributed by atoms with Gasteiger partial charge in [0.1, 0.15) is 0 Å². The van der Waals surface area contributed by atoms with E-state index in [1.165, 1.54) is 6.08 Å². The lowest BCUT2D eigenvalue weighted by Crippen LogP contribution is -1.85. The first-order chi connectivity index (χ1) is 9.74. The summed E-state index contributed by atoms with van der Waals surface area (Å²) in [6.07, 6.45) is 3.86. The topological polar surface area (TPSA) is 89.1 Å². The summed E-state index contributed by atoms with van der Waals surface area (Å²) in [5, 5.41) is 17.2. The fourth-order valence-electron chi connectivity index (χ4n) is 1.84. The molecule has 0 saturated heterocycles. The lowest BCUT2D eigenvalue weighted by Gasteiger charge is -2.00. The third kappa shape index (κ3) is 2.26. The molecule has 0 atom stereocenters. The van der Waals surface area contributed by atoms with Crippen LogP contribution in [0, 0.1) is 0 Å². The molecule has 6 heteroatoms. The zero-order valence-corrected chi connectivity index (χ0v) is 10.2. The van der Waals surface area contributed by atoms with Crippen molar-refractivity contribution < 1.29 is 14.3 Å². The highest BCUT2D eigenvalue weighted by Crippen LogP contribution is 2.26. The van der Waals surface area contributed by atoms with Gasteiger partial charge >= 0.3 is 5.97 Å². The molecule has 1 N–H and O–H groups in total. The van der Waals surface area contributed by atoms with Gasteiger partial charge in [-0.1, -0.05) is 18.2 Å². The Hall–Kier alpha value is -3.02. The number of nitrogens with zero attached hydrogens (tertiary/aromatic N) is 3.